The first kappa shape index (κ1) is 20.6. The molecule has 6 nitrogen and oxygen atoms in total. The molecule has 0 amide bonds. The molecule has 0 bridgehead atoms. The van der Waals surface area contributed by atoms with E-state index in [1.807, 2.05) is 30.3 Å². The van der Waals surface area contributed by atoms with Crippen LogP contribution >= 0.6 is 11.6 Å². The van der Waals surface area contributed by atoms with Gasteiger partial charge in [-0.1, -0.05) is 60.1 Å². The summed E-state index contributed by atoms with van der Waals surface area (Å²) < 4.78 is 16.5. The lowest BCUT2D eigenvalue weighted by atomic mass is 10.0. The van der Waals surface area contributed by atoms with Gasteiger partial charge in [0.25, 0.3) is 0 Å². The Morgan fingerprint density at radius 3 is 2.35 bits per heavy atom. The number of aliphatic carboxylic acids is 1. The Labute approximate surface area is 184 Å². The van der Waals surface area contributed by atoms with E-state index in [0.717, 1.165) is 11.3 Å². The van der Waals surface area contributed by atoms with Crippen molar-refractivity contribution < 1.29 is 24.1 Å². The highest BCUT2D eigenvalue weighted by Crippen LogP contribution is 2.34. The highest BCUT2D eigenvalue weighted by atomic mass is 35.5. The van der Waals surface area contributed by atoms with E-state index in [4.69, 9.17) is 25.8 Å². The fourth-order valence-electron chi connectivity index (χ4n) is 3.24. The minimum Gasteiger partial charge on any atom is -0.478 e. The van der Waals surface area contributed by atoms with Crippen LogP contribution in [0.1, 0.15) is 23.3 Å². The van der Waals surface area contributed by atoms with Gasteiger partial charge >= 0.3 is 5.97 Å². The summed E-state index contributed by atoms with van der Waals surface area (Å²) in [5, 5.41) is 13.5. The van der Waals surface area contributed by atoms with Crippen LogP contribution in [0.3, 0.4) is 0 Å². The van der Waals surface area contributed by atoms with E-state index < -0.39 is 12.1 Å². The zero-order chi connectivity index (χ0) is 21.6. The predicted molar refractivity (Wildman–Crippen MR) is 117 cm³/mol. The van der Waals surface area contributed by atoms with Crippen molar-refractivity contribution in [1.82, 2.24) is 0 Å². The largest absolute Gasteiger partial charge is 0.478 e. The Morgan fingerprint density at radius 1 is 1.00 bits per heavy atom. The van der Waals surface area contributed by atoms with Gasteiger partial charge < -0.3 is 24.6 Å². The Kier molecular flexibility index (Phi) is 6.29. The van der Waals surface area contributed by atoms with Gasteiger partial charge in [0.2, 0.25) is 12.9 Å². The van der Waals surface area contributed by atoms with Crippen molar-refractivity contribution >= 4 is 23.3 Å². The number of hydrogen-bond donors (Lipinski definition) is 2. The number of rotatable bonds is 8. The van der Waals surface area contributed by atoms with Crippen LogP contribution < -0.4 is 10.1 Å². The Bertz CT molecular complexity index is 1070. The summed E-state index contributed by atoms with van der Waals surface area (Å²) in [5.74, 6) is -0.00304. The molecule has 2 N–H and O–H groups in total. The number of ether oxygens (including phenoxy) is 3. The third-order valence-electron chi connectivity index (χ3n) is 4.74. The number of carboxylic acid groups (broad SMARTS) is 1. The molecule has 0 aromatic heterocycles. The summed E-state index contributed by atoms with van der Waals surface area (Å²) in [6.45, 7) is 0.154. The molecule has 158 valence electrons. The SMILES string of the molecule is O=C(O)C(Oc1ccc(NC(C2=COCO2)c2ccccc2Cl)cc1)c1ccccc1. The topological polar surface area (TPSA) is 77.0 Å². The van der Waals surface area contributed by atoms with Gasteiger partial charge in [-0.25, -0.2) is 4.79 Å². The van der Waals surface area contributed by atoms with Gasteiger partial charge in [-0.3, -0.25) is 0 Å². The zero-order valence-corrected chi connectivity index (χ0v) is 17.2. The minimum absolute atomic E-state index is 0.154. The van der Waals surface area contributed by atoms with E-state index >= 15 is 0 Å². The smallest absolute Gasteiger partial charge is 0.349 e. The van der Waals surface area contributed by atoms with Crippen molar-refractivity contribution in [3.63, 3.8) is 0 Å². The van der Waals surface area contributed by atoms with Gasteiger partial charge in [-0.05, 0) is 30.3 Å². The van der Waals surface area contributed by atoms with Crippen LogP contribution in [0.5, 0.6) is 5.75 Å². The number of halogens is 1. The van der Waals surface area contributed by atoms with E-state index in [9.17, 15) is 9.90 Å². The monoisotopic (exact) mass is 437 g/mol. The van der Waals surface area contributed by atoms with Crippen LogP contribution in [0.2, 0.25) is 5.02 Å². The lowest BCUT2D eigenvalue weighted by Gasteiger charge is -2.21. The maximum absolute atomic E-state index is 11.7. The predicted octanol–water partition coefficient (Wildman–Crippen LogP) is 5.54. The van der Waals surface area contributed by atoms with E-state index in [2.05, 4.69) is 5.32 Å². The first-order valence-corrected chi connectivity index (χ1v) is 9.99. The molecule has 7 heteroatoms. The van der Waals surface area contributed by atoms with Gasteiger partial charge in [-0.15, -0.1) is 0 Å². The van der Waals surface area contributed by atoms with Gasteiger partial charge in [0.1, 0.15) is 18.1 Å². The van der Waals surface area contributed by atoms with E-state index in [0.29, 0.717) is 22.1 Å². The van der Waals surface area contributed by atoms with Crippen LogP contribution in [-0.4, -0.2) is 17.9 Å². The molecule has 2 unspecified atom stereocenters. The Morgan fingerprint density at radius 2 is 1.71 bits per heavy atom. The molecule has 4 rings (SSSR count). The summed E-state index contributed by atoms with van der Waals surface area (Å²) in [6, 6.07) is 23.0. The third-order valence-corrected chi connectivity index (χ3v) is 5.08. The third kappa shape index (κ3) is 4.92. The van der Waals surface area contributed by atoms with Crippen LogP contribution in [0.4, 0.5) is 5.69 Å². The first-order valence-electron chi connectivity index (χ1n) is 9.62. The fourth-order valence-corrected chi connectivity index (χ4v) is 3.48. The van der Waals surface area contributed by atoms with Crippen molar-refractivity contribution in [1.29, 1.82) is 0 Å². The van der Waals surface area contributed by atoms with Crippen molar-refractivity contribution in [2.45, 2.75) is 12.1 Å². The van der Waals surface area contributed by atoms with Gasteiger partial charge in [-0.2, -0.15) is 0 Å². The maximum Gasteiger partial charge on any atom is 0.349 e. The molecule has 1 aliphatic rings. The second-order valence-corrected chi connectivity index (χ2v) is 7.23. The standard InChI is InChI=1S/C24H20ClNO5/c25-20-9-5-4-8-19(20)22(21-14-29-15-30-21)26-17-10-12-18(13-11-17)31-23(24(27)28)16-6-2-1-3-7-16/h1-14,22-23,26H,15H2,(H,27,28). The maximum atomic E-state index is 11.7. The second-order valence-electron chi connectivity index (χ2n) is 6.82. The number of nitrogens with one attached hydrogen (secondary N) is 1. The van der Waals surface area contributed by atoms with E-state index in [1.165, 1.54) is 0 Å². The van der Waals surface area contributed by atoms with Crippen molar-refractivity contribution in [3.05, 3.63) is 107 Å². The molecular weight excluding hydrogens is 418 g/mol. The molecule has 3 aromatic carbocycles. The van der Waals surface area contributed by atoms with Gasteiger partial charge in [0.15, 0.2) is 5.76 Å². The quantitative estimate of drug-likeness (QED) is 0.481. The summed E-state index contributed by atoms with van der Waals surface area (Å²) in [7, 11) is 0. The fraction of sp³-hybridized carbons (Fsp3) is 0.125. The molecule has 0 aliphatic carbocycles. The number of carbonyl (C=O) groups is 1. The molecule has 0 fully saturated rings. The van der Waals surface area contributed by atoms with E-state index in [-0.39, 0.29) is 12.8 Å². The lowest BCUT2D eigenvalue weighted by Crippen LogP contribution is -2.18. The molecule has 0 saturated heterocycles. The number of benzene rings is 3. The average Bonchev–Trinajstić information content (AvgIpc) is 3.32. The normalized spacial score (nSPS) is 14.5. The van der Waals surface area contributed by atoms with Crippen LogP contribution in [0.15, 0.2) is 90.9 Å². The second kappa shape index (κ2) is 9.45. The van der Waals surface area contributed by atoms with Crippen LogP contribution in [0.25, 0.3) is 0 Å². The number of carboxylic acids is 1. The molecule has 31 heavy (non-hydrogen) atoms. The van der Waals surface area contributed by atoms with E-state index in [1.54, 1.807) is 54.8 Å². The number of hydrogen-bond acceptors (Lipinski definition) is 5. The molecule has 2 atom stereocenters. The van der Waals surface area contributed by atoms with Gasteiger partial charge in [0, 0.05) is 21.8 Å². The lowest BCUT2D eigenvalue weighted by molar-refractivity contribution is -0.145. The molecule has 0 saturated carbocycles. The summed E-state index contributed by atoms with van der Waals surface area (Å²) >= 11 is 6.39. The molecule has 0 radical (unpaired) electrons. The van der Waals surface area contributed by atoms with Gasteiger partial charge in [0.05, 0.1) is 0 Å². The summed E-state index contributed by atoms with van der Waals surface area (Å²) in [5.41, 5.74) is 2.19. The molecule has 0 spiro atoms. The molecule has 3 aromatic rings. The average molecular weight is 438 g/mol. The highest BCUT2D eigenvalue weighted by molar-refractivity contribution is 6.31. The van der Waals surface area contributed by atoms with Crippen molar-refractivity contribution in [2.75, 3.05) is 12.1 Å². The molecule has 1 heterocycles. The highest BCUT2D eigenvalue weighted by Gasteiger charge is 2.25. The zero-order valence-electron chi connectivity index (χ0n) is 16.4. The van der Waals surface area contributed by atoms with Crippen LogP contribution in [-0.2, 0) is 14.3 Å². The minimum atomic E-state index is -1.09. The summed E-state index contributed by atoms with van der Waals surface area (Å²) in [4.78, 5) is 11.7. The molecular formula is C24H20ClNO5. The van der Waals surface area contributed by atoms with Crippen molar-refractivity contribution in [2.24, 2.45) is 0 Å². The first-order chi connectivity index (χ1) is 15.1. The van der Waals surface area contributed by atoms with Crippen LogP contribution in [0, 0.1) is 0 Å². The summed E-state index contributed by atoms with van der Waals surface area (Å²) in [6.07, 6.45) is 0.473. The van der Waals surface area contributed by atoms with Crippen molar-refractivity contribution in [3.8, 4) is 5.75 Å². The molecule has 1 aliphatic heterocycles. The Balaban J connectivity index is 1.53. The number of anilines is 1. The Hall–Kier alpha value is -3.64.